The van der Waals surface area contributed by atoms with Crippen LogP contribution >= 0.6 is 0 Å². The number of allylic oxidation sites excluding steroid dienone is 2. The van der Waals surface area contributed by atoms with Crippen LogP contribution in [-0.4, -0.2) is 5.60 Å². The molecule has 0 radical (unpaired) electrons. The van der Waals surface area contributed by atoms with Crippen molar-refractivity contribution in [3.05, 3.63) is 36.1 Å². The SMILES string of the molecule is C=C1C=CCC(C)(C)C12CC=C(C)O2. The average molecular weight is 190 g/mol. The largest absolute Gasteiger partial charge is 0.487 e. The Kier molecular flexibility index (Phi) is 1.88. The zero-order chi connectivity index (χ0) is 10.4. The van der Waals surface area contributed by atoms with Gasteiger partial charge in [0.15, 0.2) is 0 Å². The van der Waals surface area contributed by atoms with Gasteiger partial charge >= 0.3 is 0 Å². The Morgan fingerprint density at radius 2 is 2.07 bits per heavy atom. The quantitative estimate of drug-likeness (QED) is 0.567. The minimum Gasteiger partial charge on any atom is -0.487 e. The summed E-state index contributed by atoms with van der Waals surface area (Å²) in [5.74, 6) is 1.04. The first-order chi connectivity index (χ1) is 6.48. The highest BCUT2D eigenvalue weighted by Gasteiger charge is 2.51. The highest BCUT2D eigenvalue weighted by Crippen LogP contribution is 2.51. The lowest BCUT2D eigenvalue weighted by Gasteiger charge is -2.46. The summed E-state index contributed by atoms with van der Waals surface area (Å²) in [6.07, 6.45) is 8.51. The lowest BCUT2D eigenvalue weighted by atomic mass is 9.65. The van der Waals surface area contributed by atoms with Gasteiger partial charge in [-0.25, -0.2) is 0 Å². The van der Waals surface area contributed by atoms with E-state index in [1.807, 2.05) is 6.92 Å². The van der Waals surface area contributed by atoms with Crippen LogP contribution in [0.25, 0.3) is 0 Å². The molecular weight excluding hydrogens is 172 g/mol. The summed E-state index contributed by atoms with van der Waals surface area (Å²) in [7, 11) is 0. The van der Waals surface area contributed by atoms with Crippen molar-refractivity contribution in [1.29, 1.82) is 0 Å². The third-order valence-corrected chi connectivity index (χ3v) is 3.57. The Balaban J connectivity index is 2.41. The van der Waals surface area contributed by atoms with E-state index in [9.17, 15) is 0 Å². The summed E-state index contributed by atoms with van der Waals surface area (Å²) in [6, 6.07) is 0. The van der Waals surface area contributed by atoms with E-state index in [4.69, 9.17) is 4.74 Å². The van der Waals surface area contributed by atoms with Crippen LogP contribution in [0.4, 0.5) is 0 Å². The van der Waals surface area contributed by atoms with Crippen molar-refractivity contribution in [3.8, 4) is 0 Å². The molecule has 1 nitrogen and oxygen atoms in total. The van der Waals surface area contributed by atoms with Crippen LogP contribution < -0.4 is 0 Å². The molecule has 1 atom stereocenters. The first-order valence-corrected chi connectivity index (χ1v) is 5.20. The summed E-state index contributed by atoms with van der Waals surface area (Å²) in [4.78, 5) is 0. The van der Waals surface area contributed by atoms with Gasteiger partial charge in [-0.2, -0.15) is 0 Å². The zero-order valence-electron chi connectivity index (χ0n) is 9.26. The fourth-order valence-corrected chi connectivity index (χ4v) is 2.49. The topological polar surface area (TPSA) is 9.23 Å². The van der Waals surface area contributed by atoms with Gasteiger partial charge in [0, 0.05) is 11.8 Å². The van der Waals surface area contributed by atoms with Crippen LogP contribution in [0, 0.1) is 5.41 Å². The molecule has 1 spiro atoms. The summed E-state index contributed by atoms with van der Waals surface area (Å²) >= 11 is 0. The Labute approximate surface area is 86.2 Å². The molecule has 1 heteroatoms. The second-order valence-corrected chi connectivity index (χ2v) is 4.96. The number of hydrogen-bond acceptors (Lipinski definition) is 1. The predicted octanol–water partition coefficient (Wildman–Crippen LogP) is 3.59. The number of hydrogen-bond donors (Lipinski definition) is 0. The predicted molar refractivity (Wildman–Crippen MR) is 58.9 cm³/mol. The second-order valence-electron chi connectivity index (χ2n) is 4.96. The third-order valence-electron chi connectivity index (χ3n) is 3.57. The van der Waals surface area contributed by atoms with Gasteiger partial charge in [-0.1, -0.05) is 32.6 Å². The van der Waals surface area contributed by atoms with Crippen LogP contribution in [-0.2, 0) is 4.74 Å². The van der Waals surface area contributed by atoms with Crippen molar-refractivity contribution < 1.29 is 4.74 Å². The van der Waals surface area contributed by atoms with Gasteiger partial charge in [0.1, 0.15) is 5.60 Å². The van der Waals surface area contributed by atoms with Crippen molar-refractivity contribution in [2.24, 2.45) is 5.41 Å². The van der Waals surface area contributed by atoms with Crippen LogP contribution in [0.2, 0.25) is 0 Å². The minimum atomic E-state index is -0.175. The number of ether oxygens (including phenoxy) is 1. The monoisotopic (exact) mass is 190 g/mol. The first kappa shape index (κ1) is 9.57. The van der Waals surface area contributed by atoms with Gasteiger partial charge in [0.05, 0.1) is 5.76 Å². The summed E-state index contributed by atoms with van der Waals surface area (Å²) in [5.41, 5.74) is 1.08. The van der Waals surface area contributed by atoms with E-state index >= 15 is 0 Å². The van der Waals surface area contributed by atoms with Crippen LogP contribution in [0.15, 0.2) is 36.1 Å². The smallest absolute Gasteiger partial charge is 0.142 e. The van der Waals surface area contributed by atoms with Gasteiger partial charge in [0.2, 0.25) is 0 Å². The molecule has 0 fully saturated rings. The maximum absolute atomic E-state index is 6.03. The maximum Gasteiger partial charge on any atom is 0.142 e. The molecule has 0 bridgehead atoms. The molecule has 1 heterocycles. The molecule has 14 heavy (non-hydrogen) atoms. The molecule has 0 aromatic rings. The molecule has 1 unspecified atom stereocenters. The van der Waals surface area contributed by atoms with E-state index in [0.717, 1.165) is 24.2 Å². The zero-order valence-corrected chi connectivity index (χ0v) is 9.26. The van der Waals surface area contributed by atoms with E-state index < -0.39 is 0 Å². The summed E-state index contributed by atoms with van der Waals surface area (Å²) in [5, 5.41) is 0. The fourth-order valence-electron chi connectivity index (χ4n) is 2.49. The van der Waals surface area contributed by atoms with Crippen LogP contribution in [0.5, 0.6) is 0 Å². The standard InChI is InChI=1S/C13H18O/c1-10-6-5-8-12(3,4)13(10)9-7-11(2)14-13/h5-7H,1,8-9H2,2-4H3. The Morgan fingerprint density at radius 1 is 1.36 bits per heavy atom. The molecular formula is C13H18O. The molecule has 0 saturated heterocycles. The Morgan fingerprint density at radius 3 is 2.57 bits per heavy atom. The average Bonchev–Trinajstić information content (AvgIpc) is 2.46. The molecule has 0 aromatic carbocycles. The normalized spacial score (nSPS) is 34.5. The van der Waals surface area contributed by atoms with Crippen LogP contribution in [0.1, 0.15) is 33.6 Å². The second kappa shape index (κ2) is 2.75. The molecule has 0 amide bonds. The Bertz CT molecular complexity index is 333. The molecule has 1 aliphatic carbocycles. The van der Waals surface area contributed by atoms with Crippen molar-refractivity contribution in [2.45, 2.75) is 39.2 Å². The maximum atomic E-state index is 6.03. The van der Waals surface area contributed by atoms with Gasteiger partial charge in [0.25, 0.3) is 0 Å². The van der Waals surface area contributed by atoms with E-state index in [0.29, 0.717) is 0 Å². The van der Waals surface area contributed by atoms with Gasteiger partial charge in [-0.15, -0.1) is 0 Å². The molecule has 0 saturated carbocycles. The molecule has 0 aromatic heterocycles. The summed E-state index contributed by atoms with van der Waals surface area (Å²) in [6.45, 7) is 10.7. The molecule has 1 aliphatic heterocycles. The van der Waals surface area contributed by atoms with E-state index in [1.165, 1.54) is 0 Å². The van der Waals surface area contributed by atoms with Gasteiger partial charge in [-0.3, -0.25) is 0 Å². The third kappa shape index (κ3) is 1.08. The van der Waals surface area contributed by atoms with Crippen molar-refractivity contribution in [3.63, 3.8) is 0 Å². The first-order valence-electron chi connectivity index (χ1n) is 5.20. The molecule has 76 valence electrons. The van der Waals surface area contributed by atoms with Crippen LogP contribution in [0.3, 0.4) is 0 Å². The van der Waals surface area contributed by atoms with Crippen molar-refractivity contribution in [1.82, 2.24) is 0 Å². The Hall–Kier alpha value is -0.980. The minimum absolute atomic E-state index is 0.146. The van der Waals surface area contributed by atoms with E-state index in [2.05, 4.69) is 38.7 Å². The van der Waals surface area contributed by atoms with E-state index in [-0.39, 0.29) is 11.0 Å². The highest BCUT2D eigenvalue weighted by atomic mass is 16.5. The molecule has 0 N–H and O–H groups in total. The molecule has 2 aliphatic rings. The number of rotatable bonds is 0. The van der Waals surface area contributed by atoms with E-state index in [1.54, 1.807) is 0 Å². The van der Waals surface area contributed by atoms with Crippen molar-refractivity contribution >= 4 is 0 Å². The summed E-state index contributed by atoms with van der Waals surface area (Å²) < 4.78 is 6.03. The fraction of sp³-hybridized carbons (Fsp3) is 0.538. The lowest BCUT2D eigenvalue weighted by Crippen LogP contribution is -2.46. The lowest BCUT2D eigenvalue weighted by molar-refractivity contribution is -0.0396. The molecule has 2 rings (SSSR count). The van der Waals surface area contributed by atoms with Crippen molar-refractivity contribution in [2.75, 3.05) is 0 Å². The van der Waals surface area contributed by atoms with Gasteiger partial charge in [-0.05, 0) is 25.0 Å². The van der Waals surface area contributed by atoms with Gasteiger partial charge < -0.3 is 4.74 Å². The highest BCUT2D eigenvalue weighted by molar-refractivity contribution is 5.37.